The van der Waals surface area contributed by atoms with Gasteiger partial charge in [-0.05, 0) is 32.9 Å². The smallest absolute Gasteiger partial charge is 0.321 e. The lowest BCUT2D eigenvalue weighted by Crippen LogP contribution is -2.41. The molecular weight excluding hydrogens is 294 g/mol. The van der Waals surface area contributed by atoms with Crippen molar-refractivity contribution in [1.82, 2.24) is 9.29 Å². The number of rotatable bonds is 6. The normalized spacial score (nSPS) is 11.4. The zero-order valence-electron chi connectivity index (χ0n) is 12.1. The molecule has 0 atom stereocenters. The molecule has 0 saturated heterocycles. The van der Waals surface area contributed by atoms with E-state index in [1.54, 1.807) is 26.8 Å². The Labute approximate surface area is 124 Å². The number of nitriles is 1. The summed E-state index contributed by atoms with van der Waals surface area (Å²) in [7, 11) is -4.01. The van der Waals surface area contributed by atoms with Gasteiger partial charge in [-0.2, -0.15) is 9.57 Å². The Morgan fingerprint density at radius 1 is 1.52 bits per heavy atom. The lowest BCUT2D eigenvalue weighted by Gasteiger charge is -2.25. The number of esters is 1. The van der Waals surface area contributed by atoms with Gasteiger partial charge in [-0.1, -0.05) is 0 Å². The molecule has 114 valence electrons. The van der Waals surface area contributed by atoms with Crippen molar-refractivity contribution in [3.8, 4) is 6.07 Å². The Morgan fingerprint density at radius 3 is 2.71 bits per heavy atom. The van der Waals surface area contributed by atoms with Gasteiger partial charge in [0.05, 0.1) is 6.61 Å². The number of aromatic nitrogens is 1. The minimum absolute atomic E-state index is 0.168. The maximum Gasteiger partial charge on any atom is 0.321 e. The highest BCUT2D eigenvalue weighted by Crippen LogP contribution is 2.20. The summed E-state index contributed by atoms with van der Waals surface area (Å²) in [5.74, 6) is -0.642. The van der Waals surface area contributed by atoms with Crippen LogP contribution in [0.2, 0.25) is 0 Å². The first-order chi connectivity index (χ1) is 9.84. The molecular formula is C13H17N3O4S. The minimum atomic E-state index is -4.01. The van der Waals surface area contributed by atoms with Gasteiger partial charge in [0.25, 0.3) is 0 Å². The monoisotopic (exact) mass is 311 g/mol. The van der Waals surface area contributed by atoms with E-state index in [4.69, 9.17) is 10.00 Å². The van der Waals surface area contributed by atoms with Crippen LogP contribution < -0.4 is 0 Å². The van der Waals surface area contributed by atoms with Crippen LogP contribution in [0.3, 0.4) is 0 Å². The first kappa shape index (κ1) is 17.1. The Morgan fingerprint density at radius 2 is 2.19 bits per heavy atom. The summed E-state index contributed by atoms with van der Waals surface area (Å²) >= 11 is 0. The van der Waals surface area contributed by atoms with Crippen LogP contribution in [0.25, 0.3) is 0 Å². The Kier molecular flexibility index (Phi) is 5.81. The summed E-state index contributed by atoms with van der Waals surface area (Å²) in [6.07, 6.45) is 1.34. The Balaban J connectivity index is 3.23. The van der Waals surface area contributed by atoms with Crippen LogP contribution in [0.15, 0.2) is 23.2 Å². The summed E-state index contributed by atoms with van der Waals surface area (Å²) in [6.45, 7) is 4.67. The fourth-order valence-electron chi connectivity index (χ4n) is 1.69. The van der Waals surface area contributed by atoms with Crippen LogP contribution in [-0.4, -0.2) is 42.9 Å². The summed E-state index contributed by atoms with van der Waals surface area (Å²) in [4.78, 5) is 15.1. The zero-order valence-corrected chi connectivity index (χ0v) is 12.9. The summed E-state index contributed by atoms with van der Waals surface area (Å²) in [5.41, 5.74) is -0.202. The second-order valence-electron chi connectivity index (χ2n) is 4.41. The molecule has 0 amide bonds. The van der Waals surface area contributed by atoms with Crippen molar-refractivity contribution < 1.29 is 17.9 Å². The second-order valence-corrected chi connectivity index (χ2v) is 6.27. The van der Waals surface area contributed by atoms with Crippen molar-refractivity contribution in [2.75, 3.05) is 13.2 Å². The minimum Gasteiger partial charge on any atom is -0.465 e. The predicted molar refractivity (Wildman–Crippen MR) is 74.6 cm³/mol. The van der Waals surface area contributed by atoms with E-state index in [1.165, 1.54) is 18.3 Å². The topological polar surface area (TPSA) is 100 Å². The maximum atomic E-state index is 12.6. The van der Waals surface area contributed by atoms with E-state index in [0.717, 1.165) is 4.31 Å². The molecule has 1 aromatic heterocycles. The Bertz CT molecular complexity index is 650. The van der Waals surface area contributed by atoms with Gasteiger partial charge in [-0.15, -0.1) is 0 Å². The molecule has 0 N–H and O–H groups in total. The van der Waals surface area contributed by atoms with Gasteiger partial charge in [0.15, 0.2) is 5.69 Å². The average Bonchev–Trinajstić information content (AvgIpc) is 2.44. The first-order valence-electron chi connectivity index (χ1n) is 6.37. The molecule has 0 saturated carbocycles. The van der Waals surface area contributed by atoms with Crippen molar-refractivity contribution >= 4 is 16.0 Å². The fourth-order valence-corrected chi connectivity index (χ4v) is 3.36. The molecule has 0 aliphatic heterocycles. The number of hydrogen-bond acceptors (Lipinski definition) is 6. The highest BCUT2D eigenvalue weighted by molar-refractivity contribution is 7.89. The highest BCUT2D eigenvalue weighted by atomic mass is 32.2. The number of sulfonamides is 1. The van der Waals surface area contributed by atoms with Gasteiger partial charge >= 0.3 is 5.97 Å². The SMILES string of the molecule is CCOC(=O)CN(C(C)C)S(=O)(=O)c1cccnc1C#N. The molecule has 0 aliphatic rings. The third kappa shape index (κ3) is 4.00. The van der Waals surface area contributed by atoms with Crippen molar-refractivity contribution in [1.29, 1.82) is 5.26 Å². The summed E-state index contributed by atoms with van der Waals surface area (Å²) < 4.78 is 31.0. The van der Waals surface area contributed by atoms with Crippen molar-refractivity contribution in [2.24, 2.45) is 0 Å². The molecule has 0 radical (unpaired) electrons. The summed E-state index contributed by atoms with van der Waals surface area (Å²) in [6, 6.07) is 3.99. The number of ether oxygens (including phenoxy) is 1. The van der Waals surface area contributed by atoms with Crippen LogP contribution >= 0.6 is 0 Å². The number of carbonyl (C=O) groups is 1. The highest BCUT2D eigenvalue weighted by Gasteiger charge is 2.31. The maximum absolute atomic E-state index is 12.6. The van der Waals surface area contributed by atoms with Crippen molar-refractivity contribution in [3.63, 3.8) is 0 Å². The molecule has 0 aromatic carbocycles. The van der Waals surface area contributed by atoms with Crippen molar-refractivity contribution in [2.45, 2.75) is 31.7 Å². The first-order valence-corrected chi connectivity index (χ1v) is 7.81. The number of nitrogens with zero attached hydrogens (tertiary/aromatic N) is 3. The van der Waals surface area contributed by atoms with E-state index < -0.39 is 28.6 Å². The number of pyridine rings is 1. The van der Waals surface area contributed by atoms with Crippen LogP contribution in [-0.2, 0) is 19.6 Å². The van der Waals surface area contributed by atoms with E-state index in [1.807, 2.05) is 0 Å². The molecule has 0 spiro atoms. The van der Waals surface area contributed by atoms with Crippen molar-refractivity contribution in [3.05, 3.63) is 24.0 Å². The predicted octanol–water partition coefficient (Wildman–Crippen LogP) is 0.915. The average molecular weight is 311 g/mol. The van der Waals surface area contributed by atoms with Gasteiger partial charge in [0.1, 0.15) is 17.5 Å². The second kappa shape index (κ2) is 7.15. The van der Waals surface area contributed by atoms with Gasteiger partial charge in [-0.3, -0.25) is 4.79 Å². The molecule has 0 bridgehead atoms. The standard InChI is InChI=1S/C13H17N3O4S/c1-4-20-13(17)9-16(10(2)3)21(18,19)12-6-5-7-15-11(12)8-14/h5-7,10H,4,9H2,1-3H3. The number of hydrogen-bond donors (Lipinski definition) is 0. The molecule has 21 heavy (non-hydrogen) atoms. The largest absolute Gasteiger partial charge is 0.465 e. The van der Waals surface area contributed by atoms with Gasteiger partial charge < -0.3 is 4.74 Å². The van der Waals surface area contributed by atoms with Gasteiger partial charge in [0.2, 0.25) is 10.0 Å². The van der Waals surface area contributed by atoms with Crippen LogP contribution in [0, 0.1) is 11.3 Å². The lowest BCUT2D eigenvalue weighted by molar-refractivity contribution is -0.143. The summed E-state index contributed by atoms with van der Waals surface area (Å²) in [5, 5.41) is 8.98. The van der Waals surface area contributed by atoms with E-state index in [0.29, 0.717) is 0 Å². The molecule has 1 aromatic rings. The molecule has 1 rings (SSSR count). The van der Waals surface area contributed by atoms with E-state index in [9.17, 15) is 13.2 Å². The van der Waals surface area contributed by atoms with E-state index in [2.05, 4.69) is 4.98 Å². The molecule has 8 heteroatoms. The Hall–Kier alpha value is -1.98. The van der Waals surface area contributed by atoms with Crippen LogP contribution in [0.1, 0.15) is 26.5 Å². The van der Waals surface area contributed by atoms with Gasteiger partial charge in [0, 0.05) is 12.2 Å². The van der Waals surface area contributed by atoms with Gasteiger partial charge in [-0.25, -0.2) is 13.4 Å². The molecule has 0 fully saturated rings. The third-order valence-corrected chi connectivity index (χ3v) is 4.68. The van der Waals surface area contributed by atoms with E-state index in [-0.39, 0.29) is 17.2 Å². The number of carbonyl (C=O) groups excluding carboxylic acids is 1. The fraction of sp³-hybridized carbons (Fsp3) is 0.462. The van der Waals surface area contributed by atoms with E-state index >= 15 is 0 Å². The van der Waals surface area contributed by atoms with Crippen LogP contribution in [0.5, 0.6) is 0 Å². The zero-order chi connectivity index (χ0) is 16.0. The lowest BCUT2D eigenvalue weighted by atomic mass is 10.4. The quantitative estimate of drug-likeness (QED) is 0.724. The molecule has 0 unspecified atom stereocenters. The van der Waals surface area contributed by atoms with Crippen LogP contribution in [0.4, 0.5) is 0 Å². The molecule has 7 nitrogen and oxygen atoms in total. The molecule has 1 heterocycles. The molecule has 0 aliphatic carbocycles. The third-order valence-electron chi connectivity index (χ3n) is 2.63.